The van der Waals surface area contributed by atoms with Gasteiger partial charge in [-0.2, -0.15) is 11.8 Å². The quantitative estimate of drug-likeness (QED) is 0.271. The highest BCUT2D eigenvalue weighted by Gasteiger charge is 2.37. The molecular weight excluding hydrogens is 400 g/mol. The van der Waals surface area contributed by atoms with Crippen LogP contribution in [0.4, 0.5) is 0 Å². The number of aliphatic hydroxyl groups excluding tert-OH is 1. The van der Waals surface area contributed by atoms with E-state index in [0.717, 1.165) is 5.75 Å². The van der Waals surface area contributed by atoms with E-state index >= 15 is 0 Å². The molecule has 1 heterocycles. The molecule has 0 aromatic carbocycles. The van der Waals surface area contributed by atoms with Gasteiger partial charge >= 0.3 is 5.97 Å². The SMILES string of the molecule is CSCCC(N)C(=O)N1CCCC1C(=O)NC(CO)C(=O)NC(C(=O)O)C(C)C. The minimum absolute atomic E-state index is 0.313. The van der Waals surface area contributed by atoms with Gasteiger partial charge in [-0.15, -0.1) is 0 Å². The van der Waals surface area contributed by atoms with Gasteiger partial charge in [0.25, 0.3) is 0 Å². The Morgan fingerprint density at radius 2 is 1.90 bits per heavy atom. The first-order valence-corrected chi connectivity index (χ1v) is 11.0. The molecular formula is C18H32N4O6S. The molecule has 4 atom stereocenters. The Morgan fingerprint density at radius 3 is 2.41 bits per heavy atom. The van der Waals surface area contributed by atoms with Crippen molar-refractivity contribution in [1.82, 2.24) is 15.5 Å². The van der Waals surface area contributed by atoms with Crippen LogP contribution in [0.5, 0.6) is 0 Å². The normalized spacial score (nSPS) is 19.5. The zero-order valence-corrected chi connectivity index (χ0v) is 17.9. The Hall–Kier alpha value is -1.85. The number of carboxylic acid groups (broad SMARTS) is 1. The van der Waals surface area contributed by atoms with Crippen molar-refractivity contribution in [3.05, 3.63) is 0 Å². The van der Waals surface area contributed by atoms with Crippen molar-refractivity contribution in [3.8, 4) is 0 Å². The average Bonchev–Trinajstić information content (AvgIpc) is 3.16. The van der Waals surface area contributed by atoms with E-state index in [0.29, 0.717) is 25.8 Å². The van der Waals surface area contributed by atoms with E-state index < -0.39 is 48.6 Å². The molecule has 29 heavy (non-hydrogen) atoms. The fraction of sp³-hybridized carbons (Fsp3) is 0.778. The summed E-state index contributed by atoms with van der Waals surface area (Å²) in [6.07, 6.45) is 3.47. The molecule has 1 aliphatic rings. The molecule has 1 saturated heterocycles. The van der Waals surface area contributed by atoms with Crippen molar-refractivity contribution in [2.75, 3.05) is 25.2 Å². The molecule has 0 aliphatic carbocycles. The lowest BCUT2D eigenvalue weighted by atomic mass is 10.0. The summed E-state index contributed by atoms with van der Waals surface area (Å²) < 4.78 is 0. The van der Waals surface area contributed by atoms with Gasteiger partial charge in [-0.05, 0) is 37.2 Å². The first-order chi connectivity index (χ1) is 13.6. The van der Waals surface area contributed by atoms with Crippen molar-refractivity contribution in [1.29, 1.82) is 0 Å². The molecule has 1 rings (SSSR count). The van der Waals surface area contributed by atoms with Crippen LogP contribution in [0.2, 0.25) is 0 Å². The van der Waals surface area contributed by atoms with Gasteiger partial charge in [0.1, 0.15) is 18.1 Å². The summed E-state index contributed by atoms with van der Waals surface area (Å²) in [5, 5.41) is 23.4. The number of carbonyl (C=O) groups is 4. The van der Waals surface area contributed by atoms with Crippen LogP contribution >= 0.6 is 11.8 Å². The lowest BCUT2D eigenvalue weighted by Crippen LogP contribution is -2.58. The summed E-state index contributed by atoms with van der Waals surface area (Å²) in [6, 6.07) is -3.93. The molecule has 0 spiro atoms. The monoisotopic (exact) mass is 432 g/mol. The Morgan fingerprint density at radius 1 is 1.24 bits per heavy atom. The molecule has 0 aromatic rings. The van der Waals surface area contributed by atoms with Gasteiger partial charge in [0.2, 0.25) is 17.7 Å². The highest BCUT2D eigenvalue weighted by Crippen LogP contribution is 2.19. The second-order valence-corrected chi connectivity index (χ2v) is 8.38. The van der Waals surface area contributed by atoms with Gasteiger partial charge in [0.05, 0.1) is 12.6 Å². The van der Waals surface area contributed by atoms with Crippen molar-refractivity contribution in [3.63, 3.8) is 0 Å². The second-order valence-electron chi connectivity index (χ2n) is 7.39. The highest BCUT2D eigenvalue weighted by molar-refractivity contribution is 7.98. The van der Waals surface area contributed by atoms with Crippen molar-refractivity contribution >= 4 is 35.5 Å². The molecule has 1 fully saturated rings. The predicted molar refractivity (Wildman–Crippen MR) is 109 cm³/mol. The zero-order chi connectivity index (χ0) is 22.1. The number of aliphatic hydroxyl groups is 1. The number of aliphatic carboxylic acids is 1. The standard InChI is InChI=1S/C18H32N4O6S/c1-10(2)14(18(27)28)21-15(24)12(9-23)20-16(25)13-5-4-7-22(13)17(26)11(19)6-8-29-3/h10-14,23H,4-9,19H2,1-3H3,(H,20,25)(H,21,24)(H,27,28). The minimum atomic E-state index is -1.31. The molecule has 6 N–H and O–H groups in total. The fourth-order valence-corrected chi connectivity index (χ4v) is 3.60. The number of carboxylic acids is 1. The molecule has 3 amide bonds. The molecule has 0 radical (unpaired) electrons. The summed E-state index contributed by atoms with van der Waals surface area (Å²) in [7, 11) is 0. The number of carbonyl (C=O) groups excluding carboxylic acids is 3. The van der Waals surface area contributed by atoms with E-state index in [9.17, 15) is 29.4 Å². The van der Waals surface area contributed by atoms with Crippen LogP contribution in [0, 0.1) is 5.92 Å². The van der Waals surface area contributed by atoms with E-state index in [1.807, 2.05) is 6.26 Å². The van der Waals surface area contributed by atoms with Crippen molar-refractivity contribution < 1.29 is 29.4 Å². The number of hydrogen-bond acceptors (Lipinski definition) is 7. The van der Waals surface area contributed by atoms with Gasteiger partial charge in [-0.1, -0.05) is 13.8 Å². The Balaban J connectivity index is 2.76. The third-order valence-electron chi connectivity index (χ3n) is 4.83. The van der Waals surface area contributed by atoms with Gasteiger partial charge < -0.3 is 31.5 Å². The van der Waals surface area contributed by atoms with Crippen molar-refractivity contribution in [2.24, 2.45) is 11.7 Å². The Bertz CT molecular complexity index is 603. The van der Waals surface area contributed by atoms with E-state index in [4.69, 9.17) is 5.73 Å². The van der Waals surface area contributed by atoms with Crippen LogP contribution in [0.3, 0.4) is 0 Å². The van der Waals surface area contributed by atoms with Crippen LogP contribution in [0.15, 0.2) is 0 Å². The third kappa shape index (κ3) is 7.16. The predicted octanol–water partition coefficient (Wildman–Crippen LogP) is -1.24. The maximum Gasteiger partial charge on any atom is 0.326 e. The lowest BCUT2D eigenvalue weighted by molar-refractivity contribution is -0.144. The first kappa shape index (κ1) is 25.2. The Labute approximate surface area is 174 Å². The minimum Gasteiger partial charge on any atom is -0.480 e. The van der Waals surface area contributed by atoms with E-state index in [2.05, 4.69) is 10.6 Å². The van der Waals surface area contributed by atoms with Crippen molar-refractivity contribution in [2.45, 2.75) is 57.3 Å². The highest BCUT2D eigenvalue weighted by atomic mass is 32.2. The number of hydrogen-bond donors (Lipinski definition) is 5. The molecule has 0 saturated carbocycles. The molecule has 1 aliphatic heterocycles. The fourth-order valence-electron chi connectivity index (χ4n) is 3.11. The van der Waals surface area contributed by atoms with Gasteiger partial charge in [0.15, 0.2) is 0 Å². The molecule has 0 aromatic heterocycles. The van der Waals surface area contributed by atoms with Gasteiger partial charge in [0, 0.05) is 6.54 Å². The molecule has 11 heteroatoms. The number of nitrogens with one attached hydrogen (secondary N) is 2. The summed E-state index contributed by atoms with van der Waals surface area (Å²) >= 11 is 1.58. The van der Waals surface area contributed by atoms with E-state index in [-0.39, 0.29) is 11.8 Å². The number of amides is 3. The first-order valence-electron chi connectivity index (χ1n) is 9.63. The molecule has 0 bridgehead atoms. The van der Waals surface area contributed by atoms with Crippen LogP contribution in [-0.2, 0) is 19.2 Å². The van der Waals surface area contributed by atoms with Crippen LogP contribution in [0.1, 0.15) is 33.1 Å². The van der Waals surface area contributed by atoms with E-state index in [1.54, 1.807) is 25.6 Å². The number of likely N-dealkylation sites (tertiary alicyclic amines) is 1. The second kappa shape index (κ2) is 12.0. The number of nitrogens with zero attached hydrogens (tertiary/aromatic N) is 1. The zero-order valence-electron chi connectivity index (χ0n) is 17.1. The Kier molecular flexibility index (Phi) is 10.4. The van der Waals surface area contributed by atoms with Crippen LogP contribution < -0.4 is 16.4 Å². The lowest BCUT2D eigenvalue weighted by Gasteiger charge is -2.28. The summed E-state index contributed by atoms with van der Waals surface area (Å²) in [4.78, 5) is 50.2. The van der Waals surface area contributed by atoms with E-state index in [1.165, 1.54) is 4.90 Å². The molecule has 4 unspecified atom stereocenters. The number of thioether (sulfide) groups is 1. The summed E-state index contributed by atoms with van der Waals surface area (Å²) in [5.74, 6) is -2.54. The number of nitrogens with two attached hydrogens (primary N) is 1. The maximum absolute atomic E-state index is 12.7. The number of rotatable bonds is 11. The smallest absolute Gasteiger partial charge is 0.326 e. The third-order valence-corrected chi connectivity index (χ3v) is 5.48. The average molecular weight is 433 g/mol. The topological polar surface area (TPSA) is 162 Å². The summed E-state index contributed by atoms with van der Waals surface area (Å²) in [5.41, 5.74) is 5.94. The maximum atomic E-state index is 12.7. The van der Waals surface area contributed by atoms with Gasteiger partial charge in [-0.25, -0.2) is 4.79 Å². The molecule has 166 valence electrons. The summed E-state index contributed by atoms with van der Waals surface area (Å²) in [6.45, 7) is 2.96. The van der Waals surface area contributed by atoms with Crippen LogP contribution in [0.25, 0.3) is 0 Å². The van der Waals surface area contributed by atoms with Gasteiger partial charge in [-0.3, -0.25) is 14.4 Å². The largest absolute Gasteiger partial charge is 0.480 e. The molecule has 10 nitrogen and oxygen atoms in total. The van der Waals surface area contributed by atoms with Crippen LogP contribution in [-0.4, -0.2) is 88.1 Å².